The topological polar surface area (TPSA) is 64.6 Å². The Kier molecular flexibility index (Phi) is 4.30. The summed E-state index contributed by atoms with van der Waals surface area (Å²) in [6, 6.07) is 0. The molecule has 0 aromatic heterocycles. The Morgan fingerprint density at radius 2 is 1.68 bits per heavy atom. The summed E-state index contributed by atoms with van der Waals surface area (Å²) < 4.78 is 12.1. The molecule has 6 heteroatoms. The molecule has 1 amide bonds. The number of allylic oxidation sites excluding steroid dienone is 1. The van der Waals surface area contributed by atoms with Gasteiger partial charge in [0.15, 0.2) is 5.78 Å². The average Bonchev–Trinajstić information content (AvgIpc) is 2.58. The summed E-state index contributed by atoms with van der Waals surface area (Å²) >= 11 is 0. The second kappa shape index (κ2) is 5.50. The van der Waals surface area contributed by atoms with Gasteiger partial charge < -0.3 is 14.6 Å². The summed E-state index contributed by atoms with van der Waals surface area (Å²) in [5, 5.41) is 2.82. The van der Waals surface area contributed by atoms with Crippen molar-refractivity contribution < 1.29 is 18.9 Å². The lowest BCUT2D eigenvalue weighted by Gasteiger charge is -2.35. The van der Waals surface area contributed by atoms with Crippen LogP contribution in [0.5, 0.6) is 0 Å². The van der Waals surface area contributed by atoms with Crippen molar-refractivity contribution in [2.75, 3.05) is 0 Å². The second-order valence-corrected chi connectivity index (χ2v) is 7.39. The van der Waals surface area contributed by atoms with E-state index in [1.807, 2.05) is 33.8 Å². The molecule has 122 valence electrons. The van der Waals surface area contributed by atoms with Gasteiger partial charge in [0.1, 0.15) is 5.54 Å². The van der Waals surface area contributed by atoms with Crippen molar-refractivity contribution in [3.63, 3.8) is 0 Å². The van der Waals surface area contributed by atoms with Crippen molar-refractivity contribution in [2.24, 2.45) is 0 Å². The number of nitrogens with one attached hydrogen (secondary N) is 1. The molecule has 2 aliphatic rings. The lowest BCUT2D eigenvalue weighted by atomic mass is 9.67. The van der Waals surface area contributed by atoms with Gasteiger partial charge in [0.05, 0.1) is 11.2 Å². The third-order valence-corrected chi connectivity index (χ3v) is 5.20. The Bertz CT molecular complexity index is 510. The molecule has 1 aliphatic carbocycles. The predicted octanol–water partition coefficient (Wildman–Crippen LogP) is 2.19. The molecule has 0 aromatic carbocycles. The maximum Gasteiger partial charge on any atom is 0.490 e. The molecule has 1 heterocycles. The van der Waals surface area contributed by atoms with E-state index < -0.39 is 5.54 Å². The number of carbonyl (C=O) groups is 2. The highest BCUT2D eigenvalue weighted by atomic mass is 16.7. The smallest absolute Gasteiger partial charge is 0.400 e. The number of ketones is 1. The summed E-state index contributed by atoms with van der Waals surface area (Å²) in [6.45, 7) is 11.1. The first kappa shape index (κ1) is 17.2. The van der Waals surface area contributed by atoms with Crippen LogP contribution in [-0.4, -0.2) is 35.5 Å². The Morgan fingerprint density at radius 3 is 2.05 bits per heavy atom. The monoisotopic (exact) mass is 307 g/mol. The van der Waals surface area contributed by atoms with Gasteiger partial charge in [-0.3, -0.25) is 9.59 Å². The summed E-state index contributed by atoms with van der Waals surface area (Å²) in [6.07, 6.45) is 3.73. The van der Waals surface area contributed by atoms with E-state index in [2.05, 4.69) is 5.32 Å². The highest BCUT2D eigenvalue weighted by Gasteiger charge is 2.53. The Morgan fingerprint density at radius 1 is 1.14 bits per heavy atom. The van der Waals surface area contributed by atoms with Crippen LogP contribution < -0.4 is 5.32 Å². The van der Waals surface area contributed by atoms with Crippen LogP contribution in [0, 0.1) is 0 Å². The molecule has 0 aromatic rings. The molecule has 2 rings (SSSR count). The molecule has 0 bridgehead atoms. The van der Waals surface area contributed by atoms with E-state index in [0.29, 0.717) is 19.3 Å². The fraction of sp³-hybridized carbons (Fsp3) is 0.750. The van der Waals surface area contributed by atoms with Crippen molar-refractivity contribution in [1.29, 1.82) is 0 Å². The maximum absolute atomic E-state index is 12.0. The molecule has 0 saturated carbocycles. The van der Waals surface area contributed by atoms with Crippen LogP contribution in [0.25, 0.3) is 0 Å². The van der Waals surface area contributed by atoms with E-state index >= 15 is 0 Å². The molecule has 1 aliphatic heterocycles. The number of carbonyl (C=O) groups excluding carboxylic acids is 2. The van der Waals surface area contributed by atoms with Gasteiger partial charge >= 0.3 is 7.12 Å². The van der Waals surface area contributed by atoms with Crippen LogP contribution in [0.4, 0.5) is 0 Å². The van der Waals surface area contributed by atoms with Gasteiger partial charge in [-0.15, -0.1) is 0 Å². The van der Waals surface area contributed by atoms with E-state index in [1.165, 1.54) is 13.8 Å². The first-order valence-corrected chi connectivity index (χ1v) is 7.83. The third kappa shape index (κ3) is 2.99. The number of amides is 1. The van der Waals surface area contributed by atoms with Gasteiger partial charge in [-0.05, 0) is 59.4 Å². The SMILES string of the molecule is CC(=O)NC1(C(C)=O)CC=C(B2OC(C)(C)C(C)(C)O2)CC1. The van der Waals surface area contributed by atoms with Crippen LogP contribution in [-0.2, 0) is 18.9 Å². The minimum atomic E-state index is -0.779. The summed E-state index contributed by atoms with van der Waals surface area (Å²) in [4.78, 5) is 23.4. The van der Waals surface area contributed by atoms with Crippen LogP contribution in [0.1, 0.15) is 60.8 Å². The number of rotatable bonds is 3. The summed E-state index contributed by atoms with van der Waals surface area (Å²) in [7, 11) is -0.368. The van der Waals surface area contributed by atoms with E-state index in [9.17, 15) is 9.59 Å². The summed E-state index contributed by atoms with van der Waals surface area (Å²) in [5.41, 5.74) is -0.462. The quantitative estimate of drug-likeness (QED) is 0.812. The van der Waals surface area contributed by atoms with Crippen LogP contribution in [0.15, 0.2) is 11.5 Å². The normalized spacial score (nSPS) is 29.9. The molecule has 22 heavy (non-hydrogen) atoms. The van der Waals surface area contributed by atoms with Crippen molar-refractivity contribution >= 4 is 18.8 Å². The molecule has 0 spiro atoms. The first-order valence-electron chi connectivity index (χ1n) is 7.83. The maximum atomic E-state index is 12.0. The standard InChI is InChI=1S/C16H26BNO4/c1-11(19)16(18-12(2)20)9-7-13(8-10-16)17-21-14(3,4)15(5,6)22-17/h7H,8-10H2,1-6H3,(H,18,20). The zero-order valence-corrected chi connectivity index (χ0v) is 14.4. The van der Waals surface area contributed by atoms with E-state index in [-0.39, 0.29) is 30.0 Å². The Labute approximate surface area is 133 Å². The van der Waals surface area contributed by atoms with Crippen LogP contribution >= 0.6 is 0 Å². The van der Waals surface area contributed by atoms with E-state index in [4.69, 9.17) is 9.31 Å². The zero-order chi connectivity index (χ0) is 16.8. The van der Waals surface area contributed by atoms with Crippen molar-refractivity contribution in [1.82, 2.24) is 5.32 Å². The highest BCUT2D eigenvalue weighted by Crippen LogP contribution is 2.41. The molecule has 0 radical (unpaired) electrons. The fourth-order valence-electron chi connectivity index (χ4n) is 2.93. The fourth-order valence-corrected chi connectivity index (χ4v) is 2.93. The largest absolute Gasteiger partial charge is 0.490 e. The van der Waals surface area contributed by atoms with Gasteiger partial charge in [-0.25, -0.2) is 0 Å². The number of Topliss-reactive ketones (excluding diaryl/α,β-unsaturated/α-hetero) is 1. The van der Waals surface area contributed by atoms with Crippen molar-refractivity contribution in [3.05, 3.63) is 11.5 Å². The molecule has 1 N–H and O–H groups in total. The van der Waals surface area contributed by atoms with Gasteiger partial charge in [0.2, 0.25) is 5.91 Å². The third-order valence-electron chi connectivity index (χ3n) is 5.20. The zero-order valence-electron chi connectivity index (χ0n) is 14.4. The van der Waals surface area contributed by atoms with E-state index in [1.54, 1.807) is 0 Å². The van der Waals surface area contributed by atoms with Gasteiger partial charge in [0, 0.05) is 6.92 Å². The molecule has 1 saturated heterocycles. The first-order chi connectivity index (χ1) is 9.99. The minimum absolute atomic E-state index is 0.00748. The lowest BCUT2D eigenvalue weighted by molar-refractivity contribution is -0.130. The van der Waals surface area contributed by atoms with Crippen molar-refractivity contribution in [2.45, 2.75) is 77.5 Å². The second-order valence-electron chi connectivity index (χ2n) is 7.39. The lowest BCUT2D eigenvalue weighted by Crippen LogP contribution is -2.54. The average molecular weight is 307 g/mol. The molecule has 1 atom stereocenters. The number of hydrogen-bond donors (Lipinski definition) is 1. The van der Waals surface area contributed by atoms with E-state index in [0.717, 1.165) is 5.47 Å². The molecule has 1 unspecified atom stereocenters. The van der Waals surface area contributed by atoms with Gasteiger partial charge in [-0.2, -0.15) is 0 Å². The highest BCUT2D eigenvalue weighted by molar-refractivity contribution is 6.54. The molecule has 5 nitrogen and oxygen atoms in total. The molecular weight excluding hydrogens is 281 g/mol. The van der Waals surface area contributed by atoms with Crippen LogP contribution in [0.2, 0.25) is 0 Å². The Hall–Kier alpha value is -1.14. The van der Waals surface area contributed by atoms with Crippen LogP contribution in [0.3, 0.4) is 0 Å². The predicted molar refractivity (Wildman–Crippen MR) is 85.2 cm³/mol. The summed E-state index contributed by atoms with van der Waals surface area (Å²) in [5.74, 6) is -0.186. The van der Waals surface area contributed by atoms with Gasteiger partial charge in [0.25, 0.3) is 0 Å². The molecular formula is C16H26BNO4. The number of hydrogen-bond acceptors (Lipinski definition) is 4. The molecule has 1 fully saturated rings. The van der Waals surface area contributed by atoms with Gasteiger partial charge in [-0.1, -0.05) is 6.08 Å². The Balaban J connectivity index is 2.15. The van der Waals surface area contributed by atoms with Crippen molar-refractivity contribution in [3.8, 4) is 0 Å². The minimum Gasteiger partial charge on any atom is -0.400 e.